The van der Waals surface area contributed by atoms with Crippen molar-refractivity contribution in [3.8, 4) is 0 Å². The molecule has 0 saturated carbocycles. The summed E-state index contributed by atoms with van der Waals surface area (Å²) in [6.07, 6.45) is 1.12. The van der Waals surface area contributed by atoms with Crippen molar-refractivity contribution < 1.29 is 19.8 Å². The van der Waals surface area contributed by atoms with Gasteiger partial charge in [0, 0.05) is 12.2 Å². The second kappa shape index (κ2) is 20.9. The lowest BCUT2D eigenvalue weighted by molar-refractivity contribution is -0.134. The summed E-state index contributed by atoms with van der Waals surface area (Å²) >= 11 is 0. The normalized spacial score (nSPS) is 8.89. The lowest BCUT2D eigenvalue weighted by Crippen LogP contribution is -2.09. The van der Waals surface area contributed by atoms with Crippen LogP contribution in [0.25, 0.3) is 0 Å². The van der Waals surface area contributed by atoms with Crippen molar-refractivity contribution in [2.75, 3.05) is 26.2 Å². The standard InChI is InChI=1S/2C4H11N.C4H4O4/c2*1-3-5-4-2;5-3(6)1-2-4(7)8/h2*5H,3-4H2,1-2H3;1-2H,(H,5,6)(H,7,8)/b;;2-1-. The maximum atomic E-state index is 9.55. The number of carbonyl (C=O) groups is 2. The Morgan fingerprint density at radius 3 is 1.06 bits per heavy atom. The molecule has 0 aliphatic carbocycles. The number of aliphatic carboxylic acids is 2. The fourth-order valence-corrected chi connectivity index (χ4v) is 0.643. The fourth-order valence-electron chi connectivity index (χ4n) is 0.643. The Kier molecular flexibility index (Phi) is 25.4. The van der Waals surface area contributed by atoms with Crippen molar-refractivity contribution in [2.45, 2.75) is 27.7 Å². The average Bonchev–Trinajstić information content (AvgIpc) is 2.30. The van der Waals surface area contributed by atoms with Gasteiger partial charge >= 0.3 is 11.9 Å². The summed E-state index contributed by atoms with van der Waals surface area (Å²) in [5.74, 6) is -2.51. The van der Waals surface area contributed by atoms with Gasteiger partial charge in [-0.05, 0) is 26.2 Å². The van der Waals surface area contributed by atoms with Crippen molar-refractivity contribution in [1.82, 2.24) is 10.6 Å². The fraction of sp³-hybridized carbons (Fsp3) is 0.667. The van der Waals surface area contributed by atoms with Crippen LogP contribution in [0.5, 0.6) is 0 Å². The summed E-state index contributed by atoms with van der Waals surface area (Å²) in [5, 5.41) is 21.8. The molecule has 0 aliphatic rings. The van der Waals surface area contributed by atoms with Gasteiger partial charge in [-0.15, -0.1) is 0 Å². The van der Waals surface area contributed by atoms with Gasteiger partial charge in [0.1, 0.15) is 0 Å². The number of carboxylic acids is 2. The first kappa shape index (κ1) is 21.8. The van der Waals surface area contributed by atoms with Crippen LogP contribution in [0.1, 0.15) is 27.7 Å². The molecule has 0 radical (unpaired) electrons. The Morgan fingerprint density at radius 2 is 1.00 bits per heavy atom. The molecule has 18 heavy (non-hydrogen) atoms. The Hall–Kier alpha value is -1.40. The van der Waals surface area contributed by atoms with Crippen LogP contribution < -0.4 is 10.6 Å². The third kappa shape index (κ3) is 46.8. The van der Waals surface area contributed by atoms with Crippen LogP contribution >= 0.6 is 0 Å². The molecule has 108 valence electrons. The number of hydrogen-bond donors (Lipinski definition) is 4. The Bertz CT molecular complexity index is 192. The van der Waals surface area contributed by atoms with Gasteiger partial charge < -0.3 is 20.8 Å². The number of hydrogen-bond acceptors (Lipinski definition) is 4. The van der Waals surface area contributed by atoms with Crippen molar-refractivity contribution in [3.63, 3.8) is 0 Å². The van der Waals surface area contributed by atoms with Crippen LogP contribution in [0.4, 0.5) is 0 Å². The van der Waals surface area contributed by atoms with E-state index in [0.717, 1.165) is 26.2 Å². The number of rotatable bonds is 6. The molecule has 0 aromatic carbocycles. The van der Waals surface area contributed by atoms with Crippen LogP contribution in [-0.2, 0) is 9.59 Å². The first-order chi connectivity index (χ1) is 8.45. The molecule has 0 rings (SSSR count). The molecule has 0 fully saturated rings. The molecule has 6 nitrogen and oxygen atoms in total. The van der Waals surface area contributed by atoms with Crippen molar-refractivity contribution >= 4 is 11.9 Å². The quantitative estimate of drug-likeness (QED) is 0.532. The SMILES string of the molecule is CCNCC.CCNCC.O=C(O)/C=C\C(=O)O. The van der Waals surface area contributed by atoms with E-state index >= 15 is 0 Å². The van der Waals surface area contributed by atoms with E-state index in [4.69, 9.17) is 10.2 Å². The predicted octanol–water partition coefficient (Wildman–Crippen LogP) is 0.943. The molecular formula is C12H26N2O4. The van der Waals surface area contributed by atoms with E-state index in [9.17, 15) is 9.59 Å². The van der Waals surface area contributed by atoms with Crippen LogP contribution in [0.3, 0.4) is 0 Å². The first-order valence-corrected chi connectivity index (χ1v) is 6.01. The second-order valence-electron chi connectivity index (χ2n) is 2.92. The Morgan fingerprint density at radius 1 is 0.778 bits per heavy atom. The van der Waals surface area contributed by atoms with Gasteiger partial charge in [-0.25, -0.2) is 9.59 Å². The minimum atomic E-state index is -1.26. The second-order valence-corrected chi connectivity index (χ2v) is 2.92. The lowest BCUT2D eigenvalue weighted by atomic mass is 10.5. The van der Waals surface area contributed by atoms with Gasteiger partial charge in [-0.3, -0.25) is 0 Å². The van der Waals surface area contributed by atoms with Crippen LogP contribution in [0, 0.1) is 0 Å². The summed E-state index contributed by atoms with van der Waals surface area (Å²) < 4.78 is 0. The largest absolute Gasteiger partial charge is 0.478 e. The van der Waals surface area contributed by atoms with E-state index in [0.29, 0.717) is 12.2 Å². The van der Waals surface area contributed by atoms with Gasteiger partial charge in [0.25, 0.3) is 0 Å². The van der Waals surface area contributed by atoms with Crippen LogP contribution in [0.15, 0.2) is 12.2 Å². The predicted molar refractivity (Wildman–Crippen MR) is 72.8 cm³/mol. The molecule has 0 atom stereocenters. The number of carboxylic acid groups (broad SMARTS) is 2. The third-order valence-electron chi connectivity index (χ3n) is 1.37. The zero-order chi connectivity index (χ0) is 14.8. The van der Waals surface area contributed by atoms with E-state index in [1.54, 1.807) is 0 Å². The average molecular weight is 262 g/mol. The highest BCUT2D eigenvalue weighted by Crippen LogP contribution is 1.70. The smallest absolute Gasteiger partial charge is 0.328 e. The van der Waals surface area contributed by atoms with Crippen LogP contribution in [0.2, 0.25) is 0 Å². The maximum Gasteiger partial charge on any atom is 0.328 e. The molecule has 0 bridgehead atoms. The summed E-state index contributed by atoms with van der Waals surface area (Å²) in [5.41, 5.74) is 0. The molecule has 0 aliphatic heterocycles. The molecule has 0 unspecified atom stereocenters. The highest BCUT2D eigenvalue weighted by atomic mass is 16.4. The van der Waals surface area contributed by atoms with Gasteiger partial charge in [-0.2, -0.15) is 0 Å². The van der Waals surface area contributed by atoms with E-state index < -0.39 is 11.9 Å². The topological polar surface area (TPSA) is 98.7 Å². The molecule has 0 saturated heterocycles. The van der Waals surface area contributed by atoms with Gasteiger partial charge in [-0.1, -0.05) is 27.7 Å². The Labute approximate surface area is 109 Å². The molecule has 4 N–H and O–H groups in total. The highest BCUT2D eigenvalue weighted by Gasteiger charge is 1.88. The summed E-state index contributed by atoms with van der Waals surface area (Å²) in [4.78, 5) is 19.1. The summed E-state index contributed by atoms with van der Waals surface area (Å²) in [6.45, 7) is 12.8. The van der Waals surface area contributed by atoms with Gasteiger partial charge in [0.2, 0.25) is 0 Å². The third-order valence-corrected chi connectivity index (χ3v) is 1.37. The molecule has 0 aromatic rings. The van der Waals surface area contributed by atoms with E-state index in [-0.39, 0.29) is 0 Å². The van der Waals surface area contributed by atoms with Gasteiger partial charge in [0.15, 0.2) is 0 Å². The molecule has 0 aromatic heterocycles. The minimum absolute atomic E-state index is 0.558. The van der Waals surface area contributed by atoms with Crippen molar-refractivity contribution in [1.29, 1.82) is 0 Å². The monoisotopic (exact) mass is 262 g/mol. The Balaban J connectivity index is -0.000000197. The minimum Gasteiger partial charge on any atom is -0.478 e. The molecule has 0 amide bonds. The van der Waals surface area contributed by atoms with E-state index in [1.807, 2.05) is 0 Å². The molecule has 6 heteroatoms. The zero-order valence-electron chi connectivity index (χ0n) is 11.7. The van der Waals surface area contributed by atoms with Crippen LogP contribution in [-0.4, -0.2) is 48.3 Å². The van der Waals surface area contributed by atoms with Gasteiger partial charge in [0.05, 0.1) is 0 Å². The van der Waals surface area contributed by atoms with E-state index in [1.165, 1.54) is 0 Å². The lowest BCUT2D eigenvalue weighted by Gasteiger charge is -1.86. The summed E-state index contributed by atoms with van der Waals surface area (Å²) in [6, 6.07) is 0. The van der Waals surface area contributed by atoms with Crippen molar-refractivity contribution in [3.05, 3.63) is 12.2 Å². The summed E-state index contributed by atoms with van der Waals surface area (Å²) in [7, 11) is 0. The zero-order valence-corrected chi connectivity index (χ0v) is 11.7. The highest BCUT2D eigenvalue weighted by molar-refractivity contribution is 5.89. The molecule has 0 spiro atoms. The maximum absolute atomic E-state index is 9.55. The van der Waals surface area contributed by atoms with E-state index in [2.05, 4.69) is 38.3 Å². The molecule has 0 heterocycles. The number of nitrogens with one attached hydrogen (secondary N) is 2. The first-order valence-electron chi connectivity index (χ1n) is 6.01. The van der Waals surface area contributed by atoms with Crippen molar-refractivity contribution in [2.24, 2.45) is 0 Å². The molecular weight excluding hydrogens is 236 g/mol.